The molecule has 0 aromatic heterocycles. The largest absolute Gasteiger partial charge is 0.444 e. The lowest BCUT2D eigenvalue weighted by molar-refractivity contribution is -0.188. The van der Waals surface area contributed by atoms with E-state index in [0.717, 1.165) is 0 Å². The zero-order chi connectivity index (χ0) is 14.1. The average Bonchev–Trinajstić information content (AvgIpc) is 2.13. The summed E-state index contributed by atoms with van der Waals surface area (Å²) in [7, 11) is 0. The van der Waals surface area contributed by atoms with Crippen LogP contribution >= 0.6 is 0 Å². The molecular formula is C11H16F3NO3. The third-order valence-electron chi connectivity index (χ3n) is 2.43. The highest BCUT2D eigenvalue weighted by atomic mass is 19.4. The first kappa shape index (κ1) is 14.8. The van der Waals surface area contributed by atoms with Crippen LogP contribution in [0.1, 0.15) is 33.6 Å². The predicted molar refractivity (Wildman–Crippen MR) is 57.0 cm³/mol. The van der Waals surface area contributed by atoms with Gasteiger partial charge in [0, 0.05) is 19.4 Å². The van der Waals surface area contributed by atoms with Gasteiger partial charge in [0.2, 0.25) is 0 Å². The highest BCUT2D eigenvalue weighted by Crippen LogP contribution is 2.31. The zero-order valence-electron chi connectivity index (χ0n) is 10.5. The highest BCUT2D eigenvalue weighted by molar-refractivity contribution is 5.82. The van der Waals surface area contributed by atoms with Crippen molar-refractivity contribution < 1.29 is 27.5 Å². The minimum Gasteiger partial charge on any atom is -0.444 e. The topological polar surface area (TPSA) is 46.6 Å². The Morgan fingerprint density at radius 3 is 2.33 bits per heavy atom. The number of alkyl halides is 3. The molecule has 0 unspecified atom stereocenters. The molecule has 1 heterocycles. The SMILES string of the molecule is CC(C)(C)OC(=O)N1CCC(=O)C[C@@H]1C(F)(F)F. The maximum Gasteiger partial charge on any atom is 0.410 e. The van der Waals surface area contributed by atoms with E-state index in [2.05, 4.69) is 0 Å². The van der Waals surface area contributed by atoms with Crippen molar-refractivity contribution in [2.75, 3.05) is 6.54 Å². The number of ether oxygens (including phenoxy) is 1. The van der Waals surface area contributed by atoms with Gasteiger partial charge in [-0.3, -0.25) is 9.69 Å². The molecule has 0 aromatic carbocycles. The van der Waals surface area contributed by atoms with Crippen LogP contribution in [0.15, 0.2) is 0 Å². The summed E-state index contributed by atoms with van der Waals surface area (Å²) in [6, 6.07) is -2.08. The van der Waals surface area contributed by atoms with Gasteiger partial charge in [0.1, 0.15) is 17.4 Å². The minimum atomic E-state index is -4.62. The lowest BCUT2D eigenvalue weighted by Crippen LogP contribution is -2.54. The van der Waals surface area contributed by atoms with Crippen molar-refractivity contribution in [1.82, 2.24) is 4.90 Å². The summed E-state index contributed by atoms with van der Waals surface area (Å²) in [6.07, 6.45) is -6.40. The number of nitrogens with zero attached hydrogens (tertiary/aromatic N) is 1. The van der Waals surface area contributed by atoms with Crippen molar-refractivity contribution in [2.45, 2.75) is 51.4 Å². The molecule has 1 atom stereocenters. The van der Waals surface area contributed by atoms with Crippen molar-refractivity contribution in [3.63, 3.8) is 0 Å². The quantitative estimate of drug-likeness (QED) is 0.677. The molecular weight excluding hydrogens is 251 g/mol. The number of carbonyl (C=O) groups excluding carboxylic acids is 2. The van der Waals surface area contributed by atoms with Crippen LogP contribution in [0, 0.1) is 0 Å². The molecule has 0 radical (unpaired) electrons. The van der Waals surface area contributed by atoms with Crippen LogP contribution in [0.3, 0.4) is 0 Å². The van der Waals surface area contributed by atoms with Crippen molar-refractivity contribution >= 4 is 11.9 Å². The Morgan fingerprint density at radius 1 is 1.33 bits per heavy atom. The van der Waals surface area contributed by atoms with Gasteiger partial charge in [-0.25, -0.2) is 4.79 Å². The van der Waals surface area contributed by atoms with Crippen LogP contribution in [-0.2, 0) is 9.53 Å². The number of halogens is 3. The molecule has 1 saturated heterocycles. The van der Waals surface area contributed by atoms with Crippen LogP contribution in [-0.4, -0.2) is 41.1 Å². The molecule has 1 rings (SSSR count). The van der Waals surface area contributed by atoms with Gasteiger partial charge < -0.3 is 4.74 Å². The standard InChI is InChI=1S/C11H16F3NO3/c1-10(2,3)18-9(17)15-5-4-7(16)6-8(15)11(12,13)14/h8H,4-6H2,1-3H3/t8-/m1/s1. The van der Waals surface area contributed by atoms with E-state index < -0.39 is 36.1 Å². The maximum atomic E-state index is 12.8. The molecule has 1 aliphatic rings. The summed E-state index contributed by atoms with van der Waals surface area (Å²) >= 11 is 0. The second-order valence-corrected chi connectivity index (χ2v) is 5.22. The van der Waals surface area contributed by atoms with Gasteiger partial charge in [-0.15, -0.1) is 0 Å². The first-order chi connectivity index (χ1) is 8.00. The van der Waals surface area contributed by atoms with Crippen molar-refractivity contribution in [3.8, 4) is 0 Å². The molecule has 0 spiro atoms. The van der Waals surface area contributed by atoms with E-state index in [1.807, 2.05) is 0 Å². The van der Waals surface area contributed by atoms with Gasteiger partial charge in [0.15, 0.2) is 0 Å². The lowest BCUT2D eigenvalue weighted by atomic mass is 10.0. The van der Waals surface area contributed by atoms with E-state index in [4.69, 9.17) is 4.74 Å². The Hall–Kier alpha value is -1.27. The second-order valence-electron chi connectivity index (χ2n) is 5.22. The number of amides is 1. The van der Waals surface area contributed by atoms with Crippen LogP contribution < -0.4 is 0 Å². The summed E-state index contributed by atoms with van der Waals surface area (Å²) in [5, 5.41) is 0. The van der Waals surface area contributed by atoms with Gasteiger partial charge in [0.05, 0.1) is 0 Å². The molecule has 0 aromatic rings. The number of piperidine rings is 1. The fourth-order valence-electron chi connectivity index (χ4n) is 1.66. The van der Waals surface area contributed by atoms with Gasteiger partial charge in [-0.05, 0) is 20.8 Å². The number of hydrogen-bond acceptors (Lipinski definition) is 3. The summed E-state index contributed by atoms with van der Waals surface area (Å²) in [5.41, 5.74) is -0.866. The zero-order valence-corrected chi connectivity index (χ0v) is 10.5. The first-order valence-corrected chi connectivity index (χ1v) is 5.59. The number of ketones is 1. The molecule has 104 valence electrons. The number of likely N-dealkylation sites (tertiary alicyclic amines) is 1. The fraction of sp³-hybridized carbons (Fsp3) is 0.818. The monoisotopic (exact) mass is 267 g/mol. The van der Waals surface area contributed by atoms with Crippen molar-refractivity contribution in [1.29, 1.82) is 0 Å². The van der Waals surface area contributed by atoms with Crippen LogP contribution in [0.25, 0.3) is 0 Å². The summed E-state index contributed by atoms with van der Waals surface area (Å²) < 4.78 is 43.2. The van der Waals surface area contributed by atoms with Crippen LogP contribution in [0.2, 0.25) is 0 Å². The Bertz CT molecular complexity index is 346. The second kappa shape index (κ2) is 4.78. The van der Waals surface area contributed by atoms with Crippen LogP contribution in [0.4, 0.5) is 18.0 Å². The average molecular weight is 267 g/mol. The normalized spacial score (nSPS) is 22.0. The van der Waals surface area contributed by atoms with E-state index in [-0.39, 0.29) is 13.0 Å². The Labute approximate surface area is 103 Å². The molecule has 1 aliphatic heterocycles. The van der Waals surface area contributed by atoms with E-state index >= 15 is 0 Å². The number of hydrogen-bond donors (Lipinski definition) is 0. The Balaban J connectivity index is 2.84. The fourth-order valence-corrected chi connectivity index (χ4v) is 1.66. The minimum absolute atomic E-state index is 0.0637. The molecule has 1 fully saturated rings. The third kappa shape index (κ3) is 3.89. The molecule has 0 saturated carbocycles. The number of carbonyl (C=O) groups is 2. The molecule has 0 bridgehead atoms. The summed E-state index contributed by atoms with van der Waals surface area (Å²) in [6.45, 7) is 4.46. The molecule has 4 nitrogen and oxygen atoms in total. The Morgan fingerprint density at radius 2 is 1.89 bits per heavy atom. The van der Waals surface area contributed by atoms with Crippen molar-refractivity contribution in [2.24, 2.45) is 0 Å². The van der Waals surface area contributed by atoms with E-state index in [1.54, 1.807) is 20.8 Å². The number of rotatable bonds is 0. The predicted octanol–water partition coefficient (Wildman–Crippen LogP) is 2.52. The Kier molecular flexibility index (Phi) is 3.92. The molecule has 18 heavy (non-hydrogen) atoms. The molecule has 0 N–H and O–H groups in total. The van der Waals surface area contributed by atoms with Gasteiger partial charge in [-0.1, -0.05) is 0 Å². The van der Waals surface area contributed by atoms with E-state index in [1.165, 1.54) is 0 Å². The third-order valence-corrected chi connectivity index (χ3v) is 2.43. The lowest BCUT2D eigenvalue weighted by Gasteiger charge is -2.36. The summed E-state index contributed by atoms with van der Waals surface area (Å²) in [4.78, 5) is 23.4. The maximum absolute atomic E-state index is 12.8. The van der Waals surface area contributed by atoms with Gasteiger partial charge in [-0.2, -0.15) is 13.2 Å². The number of Topliss-reactive ketones (excluding diaryl/α,β-unsaturated/α-hetero) is 1. The molecule has 0 aliphatic carbocycles. The van der Waals surface area contributed by atoms with E-state index in [9.17, 15) is 22.8 Å². The van der Waals surface area contributed by atoms with Gasteiger partial charge in [0.25, 0.3) is 0 Å². The molecule has 7 heteroatoms. The smallest absolute Gasteiger partial charge is 0.410 e. The van der Waals surface area contributed by atoms with Gasteiger partial charge >= 0.3 is 12.3 Å². The highest BCUT2D eigenvalue weighted by Gasteiger charge is 2.49. The first-order valence-electron chi connectivity index (χ1n) is 5.59. The summed E-state index contributed by atoms with van der Waals surface area (Å²) in [5.74, 6) is -0.489. The van der Waals surface area contributed by atoms with E-state index in [0.29, 0.717) is 4.90 Å². The van der Waals surface area contributed by atoms with Crippen LogP contribution in [0.5, 0.6) is 0 Å². The molecule has 1 amide bonds. The van der Waals surface area contributed by atoms with Crippen molar-refractivity contribution in [3.05, 3.63) is 0 Å².